The van der Waals surface area contributed by atoms with Crippen LogP contribution >= 0.6 is 0 Å². The summed E-state index contributed by atoms with van der Waals surface area (Å²) in [6.07, 6.45) is 0.696. The van der Waals surface area contributed by atoms with Gasteiger partial charge in [0.2, 0.25) is 0 Å². The first kappa shape index (κ1) is 7.05. The molecule has 0 radical (unpaired) electrons. The largest absolute Gasteiger partial charge is 0.338 e. The molecule has 4 heteroatoms. The van der Waals surface area contributed by atoms with E-state index in [1.54, 1.807) is 0 Å². The molecule has 1 heterocycles. The van der Waals surface area contributed by atoms with Crippen molar-refractivity contribution >= 4 is 11.8 Å². The van der Waals surface area contributed by atoms with Crippen LogP contribution < -0.4 is 10.6 Å². The lowest BCUT2D eigenvalue weighted by molar-refractivity contribution is -0.119. The molecule has 1 atom stereocenters. The molecule has 56 valence electrons. The molecule has 0 spiro atoms. The van der Waals surface area contributed by atoms with Crippen LogP contribution in [-0.4, -0.2) is 24.4 Å². The van der Waals surface area contributed by atoms with E-state index in [1.807, 2.05) is 0 Å². The summed E-state index contributed by atoms with van der Waals surface area (Å²) in [7, 11) is 0. The third-order valence-corrected chi connectivity index (χ3v) is 1.51. The quantitative estimate of drug-likeness (QED) is 0.525. The summed E-state index contributed by atoms with van der Waals surface area (Å²) in [5.74, 6) is 0.0230. The van der Waals surface area contributed by atoms with Gasteiger partial charge in [-0.3, -0.25) is 4.79 Å². The lowest BCUT2D eigenvalue weighted by Gasteiger charge is -2.21. The first-order valence-corrected chi connectivity index (χ1v) is 3.25. The van der Waals surface area contributed by atoms with Crippen LogP contribution in [0.1, 0.15) is 13.3 Å². The molecule has 10 heavy (non-hydrogen) atoms. The molecule has 1 fully saturated rings. The van der Waals surface area contributed by atoms with Gasteiger partial charge in [0.15, 0.2) is 5.78 Å². The number of carbonyl (C=O) groups excluding carboxylic acids is 2. The Balaban J connectivity index is 2.47. The number of ketones is 1. The lowest BCUT2D eigenvalue weighted by Crippen LogP contribution is -2.51. The average molecular weight is 142 g/mol. The third kappa shape index (κ3) is 1.46. The van der Waals surface area contributed by atoms with Gasteiger partial charge in [-0.05, 0) is 13.3 Å². The summed E-state index contributed by atoms with van der Waals surface area (Å²) in [5.41, 5.74) is 0. The maximum absolute atomic E-state index is 10.7. The van der Waals surface area contributed by atoms with Gasteiger partial charge in [0.25, 0.3) is 0 Å². The smallest absolute Gasteiger partial charge is 0.315 e. The highest BCUT2D eigenvalue weighted by atomic mass is 16.2. The topological polar surface area (TPSA) is 58.2 Å². The van der Waals surface area contributed by atoms with Gasteiger partial charge >= 0.3 is 6.03 Å². The number of Topliss-reactive ketones (excluding diaryl/α,β-unsaturated/α-hetero) is 1. The minimum Gasteiger partial charge on any atom is -0.338 e. The fourth-order valence-corrected chi connectivity index (χ4v) is 0.916. The summed E-state index contributed by atoms with van der Waals surface area (Å²) in [6.45, 7) is 2.08. The van der Waals surface area contributed by atoms with Crippen LogP contribution in [0, 0.1) is 0 Å². The van der Waals surface area contributed by atoms with Crippen LogP contribution in [0.5, 0.6) is 0 Å². The second-order valence-electron chi connectivity index (χ2n) is 2.35. The predicted octanol–water partition coefficient (Wildman–Crippen LogP) is -0.353. The molecule has 0 aromatic carbocycles. The Bertz CT molecular complexity index is 165. The van der Waals surface area contributed by atoms with E-state index >= 15 is 0 Å². The first-order chi connectivity index (χ1) is 4.70. The monoisotopic (exact) mass is 142 g/mol. The second-order valence-corrected chi connectivity index (χ2v) is 2.35. The van der Waals surface area contributed by atoms with E-state index in [9.17, 15) is 9.59 Å². The van der Waals surface area contributed by atoms with Gasteiger partial charge < -0.3 is 10.6 Å². The van der Waals surface area contributed by atoms with E-state index in [2.05, 4.69) is 10.6 Å². The highest BCUT2D eigenvalue weighted by molar-refractivity contribution is 5.87. The van der Waals surface area contributed by atoms with Crippen molar-refractivity contribution in [1.82, 2.24) is 10.6 Å². The van der Waals surface area contributed by atoms with Crippen molar-refractivity contribution < 1.29 is 9.59 Å². The molecule has 0 unspecified atom stereocenters. The minimum absolute atomic E-state index is 0.0230. The normalized spacial score (nSPS) is 24.9. The molecule has 1 saturated heterocycles. The standard InChI is InChI=1S/C6H10N2O2/c1-4(9)5-2-3-7-6(10)8-5/h5H,2-3H2,1H3,(H2,7,8,10)/t5-/m0/s1. The Hall–Kier alpha value is -1.06. The van der Waals surface area contributed by atoms with Crippen LogP contribution in [0.15, 0.2) is 0 Å². The molecule has 0 aromatic rings. The number of urea groups is 1. The zero-order valence-corrected chi connectivity index (χ0v) is 5.81. The van der Waals surface area contributed by atoms with Crippen LogP contribution in [0.2, 0.25) is 0 Å². The SMILES string of the molecule is CC(=O)[C@@H]1CCNC(=O)N1. The third-order valence-electron chi connectivity index (χ3n) is 1.51. The number of rotatable bonds is 1. The molecule has 0 saturated carbocycles. The van der Waals surface area contributed by atoms with Crippen LogP contribution in [0.3, 0.4) is 0 Å². The van der Waals surface area contributed by atoms with Crippen molar-refractivity contribution in [1.29, 1.82) is 0 Å². The van der Waals surface area contributed by atoms with Gasteiger partial charge in [0, 0.05) is 6.54 Å². The maximum Gasteiger partial charge on any atom is 0.315 e. The van der Waals surface area contributed by atoms with Gasteiger partial charge in [-0.25, -0.2) is 4.79 Å². The Labute approximate surface area is 59.0 Å². The second kappa shape index (κ2) is 2.68. The Kier molecular flexibility index (Phi) is 1.89. The molecule has 1 aliphatic heterocycles. The predicted molar refractivity (Wildman–Crippen MR) is 35.6 cm³/mol. The highest BCUT2D eigenvalue weighted by Crippen LogP contribution is 1.96. The van der Waals surface area contributed by atoms with Crippen molar-refractivity contribution in [3.8, 4) is 0 Å². The Morgan fingerprint density at radius 1 is 1.70 bits per heavy atom. The van der Waals surface area contributed by atoms with E-state index in [0.717, 1.165) is 0 Å². The van der Waals surface area contributed by atoms with Gasteiger partial charge in [0.05, 0.1) is 6.04 Å². The minimum atomic E-state index is -0.270. The maximum atomic E-state index is 10.7. The van der Waals surface area contributed by atoms with E-state index in [-0.39, 0.29) is 17.9 Å². The molecule has 4 nitrogen and oxygen atoms in total. The van der Waals surface area contributed by atoms with Crippen molar-refractivity contribution in [2.75, 3.05) is 6.54 Å². The summed E-state index contributed by atoms with van der Waals surface area (Å²) in [6, 6.07) is -0.514. The fourth-order valence-electron chi connectivity index (χ4n) is 0.916. The summed E-state index contributed by atoms with van der Waals surface area (Å²) in [5, 5.41) is 5.08. The summed E-state index contributed by atoms with van der Waals surface area (Å²) >= 11 is 0. The van der Waals surface area contributed by atoms with E-state index in [0.29, 0.717) is 13.0 Å². The van der Waals surface area contributed by atoms with E-state index < -0.39 is 0 Å². The van der Waals surface area contributed by atoms with Crippen LogP contribution in [0.25, 0.3) is 0 Å². The first-order valence-electron chi connectivity index (χ1n) is 3.25. The molecule has 2 amide bonds. The van der Waals surface area contributed by atoms with Crippen molar-refractivity contribution in [2.24, 2.45) is 0 Å². The molecular formula is C6H10N2O2. The van der Waals surface area contributed by atoms with Crippen LogP contribution in [-0.2, 0) is 4.79 Å². The lowest BCUT2D eigenvalue weighted by atomic mass is 10.1. The number of amides is 2. The number of hydrogen-bond donors (Lipinski definition) is 2. The molecular weight excluding hydrogens is 132 g/mol. The summed E-state index contributed by atoms with van der Waals surface area (Å²) in [4.78, 5) is 21.3. The van der Waals surface area contributed by atoms with Crippen molar-refractivity contribution in [3.63, 3.8) is 0 Å². The van der Waals surface area contributed by atoms with Crippen LogP contribution in [0.4, 0.5) is 4.79 Å². The van der Waals surface area contributed by atoms with E-state index in [1.165, 1.54) is 6.92 Å². The van der Waals surface area contributed by atoms with Crippen molar-refractivity contribution in [2.45, 2.75) is 19.4 Å². The average Bonchev–Trinajstić information content (AvgIpc) is 1.88. The zero-order valence-electron chi connectivity index (χ0n) is 5.81. The Morgan fingerprint density at radius 3 is 2.80 bits per heavy atom. The van der Waals surface area contributed by atoms with Crippen molar-refractivity contribution in [3.05, 3.63) is 0 Å². The number of hydrogen-bond acceptors (Lipinski definition) is 2. The fraction of sp³-hybridized carbons (Fsp3) is 0.667. The highest BCUT2D eigenvalue weighted by Gasteiger charge is 2.20. The molecule has 1 aliphatic rings. The molecule has 0 aromatic heterocycles. The van der Waals surface area contributed by atoms with Gasteiger partial charge in [0.1, 0.15) is 0 Å². The molecule has 1 rings (SSSR count). The molecule has 0 aliphatic carbocycles. The Morgan fingerprint density at radius 2 is 2.40 bits per heavy atom. The van der Waals surface area contributed by atoms with Gasteiger partial charge in [-0.1, -0.05) is 0 Å². The molecule has 0 bridgehead atoms. The summed E-state index contributed by atoms with van der Waals surface area (Å²) < 4.78 is 0. The zero-order chi connectivity index (χ0) is 7.56. The molecule has 2 N–H and O–H groups in total. The van der Waals surface area contributed by atoms with Gasteiger partial charge in [-0.15, -0.1) is 0 Å². The number of nitrogens with one attached hydrogen (secondary N) is 2. The number of carbonyl (C=O) groups is 2. The van der Waals surface area contributed by atoms with Gasteiger partial charge in [-0.2, -0.15) is 0 Å². The van der Waals surface area contributed by atoms with E-state index in [4.69, 9.17) is 0 Å².